The van der Waals surface area contributed by atoms with Crippen molar-refractivity contribution in [3.05, 3.63) is 11.6 Å². The molecule has 102 valence electrons. The summed E-state index contributed by atoms with van der Waals surface area (Å²) in [6.45, 7) is 7.10. The van der Waals surface area contributed by atoms with Crippen molar-refractivity contribution in [2.75, 3.05) is 18.5 Å². The molecule has 0 atom stereocenters. The largest absolute Gasteiger partial charge is 0.344 e. The molecule has 0 aliphatic carbocycles. The van der Waals surface area contributed by atoms with Crippen LogP contribution in [0.2, 0.25) is 0 Å². The molecule has 1 aromatic heterocycles. The first kappa shape index (κ1) is 14.9. The summed E-state index contributed by atoms with van der Waals surface area (Å²) < 4.78 is 0. The number of unbranched alkanes of at least 4 members (excludes halogenated alkanes) is 5. The van der Waals surface area contributed by atoms with Crippen molar-refractivity contribution in [3.8, 4) is 0 Å². The molecule has 1 rings (SSSR count). The van der Waals surface area contributed by atoms with Crippen LogP contribution < -0.4 is 4.90 Å². The van der Waals surface area contributed by atoms with Crippen LogP contribution in [-0.2, 0) is 0 Å². The third-order valence-electron chi connectivity index (χ3n) is 3.04. The summed E-state index contributed by atoms with van der Waals surface area (Å²) in [6, 6.07) is 0. The average molecular weight is 250 g/mol. The van der Waals surface area contributed by atoms with Crippen LogP contribution in [0.25, 0.3) is 0 Å². The van der Waals surface area contributed by atoms with Crippen molar-refractivity contribution in [2.45, 2.75) is 59.3 Å². The minimum atomic E-state index is 0.798. The molecule has 0 radical (unpaired) electrons. The molecule has 0 N–H and O–H groups in total. The molecule has 0 spiro atoms. The monoisotopic (exact) mass is 250 g/mol. The molecule has 4 heteroatoms. The molecule has 0 saturated heterocycles. The molecular weight excluding hydrogens is 224 g/mol. The normalized spacial score (nSPS) is 10.7. The van der Waals surface area contributed by atoms with E-state index in [4.69, 9.17) is 0 Å². The maximum atomic E-state index is 4.37. The molecule has 0 unspecified atom stereocenters. The van der Waals surface area contributed by atoms with E-state index in [9.17, 15) is 0 Å². The van der Waals surface area contributed by atoms with E-state index in [1.165, 1.54) is 38.5 Å². The van der Waals surface area contributed by atoms with Crippen molar-refractivity contribution >= 4 is 5.95 Å². The number of anilines is 1. The highest BCUT2D eigenvalue weighted by Gasteiger charge is 2.05. The van der Waals surface area contributed by atoms with Gasteiger partial charge < -0.3 is 4.90 Å². The summed E-state index contributed by atoms with van der Waals surface area (Å²) in [4.78, 5) is 15.1. The highest BCUT2D eigenvalue weighted by Crippen LogP contribution is 2.09. The van der Waals surface area contributed by atoms with Gasteiger partial charge in [0.05, 0.1) is 0 Å². The summed E-state index contributed by atoms with van der Waals surface area (Å²) in [7, 11) is 2.06. The van der Waals surface area contributed by atoms with Gasteiger partial charge >= 0.3 is 0 Å². The maximum Gasteiger partial charge on any atom is 0.228 e. The Morgan fingerprint density at radius 1 is 0.833 bits per heavy atom. The van der Waals surface area contributed by atoms with Gasteiger partial charge in [0, 0.05) is 13.6 Å². The average Bonchev–Trinajstić information content (AvgIpc) is 2.32. The molecule has 0 fully saturated rings. The van der Waals surface area contributed by atoms with Crippen LogP contribution in [0.3, 0.4) is 0 Å². The van der Waals surface area contributed by atoms with Gasteiger partial charge in [-0.3, -0.25) is 0 Å². The Balaban J connectivity index is 2.29. The molecule has 1 aromatic rings. The lowest BCUT2D eigenvalue weighted by Crippen LogP contribution is -2.22. The van der Waals surface area contributed by atoms with Gasteiger partial charge in [-0.1, -0.05) is 39.0 Å². The molecule has 0 aliphatic rings. The lowest BCUT2D eigenvalue weighted by molar-refractivity contribution is 0.603. The van der Waals surface area contributed by atoms with Crippen LogP contribution in [-0.4, -0.2) is 28.5 Å². The second-order valence-electron chi connectivity index (χ2n) is 4.92. The van der Waals surface area contributed by atoms with Crippen molar-refractivity contribution in [3.63, 3.8) is 0 Å². The van der Waals surface area contributed by atoms with Crippen molar-refractivity contribution < 1.29 is 0 Å². The van der Waals surface area contributed by atoms with E-state index in [-0.39, 0.29) is 0 Å². The SMILES string of the molecule is CCCCCCCCN(C)c1nc(C)nc(C)n1. The van der Waals surface area contributed by atoms with Crippen LogP contribution in [0.5, 0.6) is 0 Å². The highest BCUT2D eigenvalue weighted by molar-refractivity contribution is 5.27. The van der Waals surface area contributed by atoms with E-state index in [0.717, 1.165) is 24.1 Å². The van der Waals surface area contributed by atoms with Crippen LogP contribution in [0.4, 0.5) is 5.95 Å². The Kier molecular flexibility index (Phi) is 6.61. The number of aromatic nitrogens is 3. The summed E-state index contributed by atoms with van der Waals surface area (Å²) in [6.07, 6.45) is 7.89. The van der Waals surface area contributed by atoms with Crippen molar-refractivity contribution in [2.24, 2.45) is 0 Å². The number of nitrogens with zero attached hydrogens (tertiary/aromatic N) is 4. The fraction of sp³-hybridized carbons (Fsp3) is 0.786. The quantitative estimate of drug-likeness (QED) is 0.664. The van der Waals surface area contributed by atoms with E-state index in [0.29, 0.717) is 0 Å². The number of hydrogen-bond acceptors (Lipinski definition) is 4. The lowest BCUT2D eigenvalue weighted by atomic mass is 10.1. The van der Waals surface area contributed by atoms with E-state index in [1.54, 1.807) is 0 Å². The highest BCUT2D eigenvalue weighted by atomic mass is 15.3. The zero-order valence-corrected chi connectivity index (χ0v) is 12.2. The van der Waals surface area contributed by atoms with Gasteiger partial charge in [0.25, 0.3) is 0 Å². The maximum absolute atomic E-state index is 4.37. The van der Waals surface area contributed by atoms with Crippen LogP contribution in [0.1, 0.15) is 57.1 Å². The Morgan fingerprint density at radius 2 is 1.39 bits per heavy atom. The van der Waals surface area contributed by atoms with Gasteiger partial charge in [0.15, 0.2) is 0 Å². The van der Waals surface area contributed by atoms with Gasteiger partial charge in [-0.25, -0.2) is 4.98 Å². The van der Waals surface area contributed by atoms with Gasteiger partial charge in [-0.05, 0) is 20.3 Å². The first-order valence-electron chi connectivity index (χ1n) is 7.04. The lowest BCUT2D eigenvalue weighted by Gasteiger charge is -2.17. The van der Waals surface area contributed by atoms with E-state index >= 15 is 0 Å². The molecule has 1 heterocycles. The molecule has 0 saturated carbocycles. The summed E-state index contributed by atoms with van der Waals surface area (Å²) in [5.41, 5.74) is 0. The molecule has 4 nitrogen and oxygen atoms in total. The van der Waals surface area contributed by atoms with E-state index in [2.05, 4.69) is 33.8 Å². The Bertz CT molecular complexity index is 331. The predicted octanol–water partition coefficient (Wildman–Crippen LogP) is 3.29. The second kappa shape index (κ2) is 8.01. The number of hydrogen-bond donors (Lipinski definition) is 0. The zero-order valence-electron chi connectivity index (χ0n) is 12.2. The second-order valence-corrected chi connectivity index (χ2v) is 4.92. The first-order valence-corrected chi connectivity index (χ1v) is 7.04. The smallest absolute Gasteiger partial charge is 0.228 e. The molecule has 18 heavy (non-hydrogen) atoms. The topological polar surface area (TPSA) is 41.9 Å². The summed E-state index contributed by atoms with van der Waals surface area (Å²) >= 11 is 0. The third kappa shape index (κ3) is 5.43. The predicted molar refractivity (Wildman–Crippen MR) is 75.9 cm³/mol. The first-order chi connectivity index (χ1) is 8.63. The molecule has 0 aromatic carbocycles. The van der Waals surface area contributed by atoms with Gasteiger partial charge in [0.1, 0.15) is 11.6 Å². The number of aryl methyl sites for hydroxylation is 2. The fourth-order valence-corrected chi connectivity index (χ4v) is 2.00. The van der Waals surface area contributed by atoms with Crippen LogP contribution >= 0.6 is 0 Å². The van der Waals surface area contributed by atoms with Crippen molar-refractivity contribution in [1.82, 2.24) is 15.0 Å². The van der Waals surface area contributed by atoms with Crippen LogP contribution in [0.15, 0.2) is 0 Å². The molecule has 0 amide bonds. The van der Waals surface area contributed by atoms with Gasteiger partial charge in [0.2, 0.25) is 5.95 Å². The fourth-order valence-electron chi connectivity index (χ4n) is 2.00. The Morgan fingerprint density at radius 3 is 2.00 bits per heavy atom. The minimum Gasteiger partial charge on any atom is -0.344 e. The summed E-state index contributed by atoms with van der Waals surface area (Å²) in [5, 5.41) is 0. The van der Waals surface area contributed by atoms with E-state index < -0.39 is 0 Å². The Hall–Kier alpha value is -1.19. The third-order valence-corrected chi connectivity index (χ3v) is 3.04. The van der Waals surface area contributed by atoms with Gasteiger partial charge in [-0.15, -0.1) is 0 Å². The minimum absolute atomic E-state index is 0.798. The Labute approximate surface area is 111 Å². The van der Waals surface area contributed by atoms with Crippen molar-refractivity contribution in [1.29, 1.82) is 0 Å². The number of rotatable bonds is 8. The zero-order chi connectivity index (χ0) is 13.4. The van der Waals surface area contributed by atoms with Gasteiger partial charge in [-0.2, -0.15) is 9.97 Å². The molecular formula is C14H26N4. The molecule has 0 bridgehead atoms. The standard InChI is InChI=1S/C14H26N4/c1-5-6-7-8-9-10-11-18(4)14-16-12(2)15-13(3)17-14/h5-11H2,1-4H3. The van der Waals surface area contributed by atoms with E-state index in [1.807, 2.05) is 13.8 Å². The molecule has 0 aliphatic heterocycles. The van der Waals surface area contributed by atoms with Crippen LogP contribution in [0, 0.1) is 13.8 Å². The summed E-state index contributed by atoms with van der Waals surface area (Å²) in [5.74, 6) is 2.40.